The van der Waals surface area contributed by atoms with Crippen molar-refractivity contribution in [2.24, 2.45) is 17.6 Å². The van der Waals surface area contributed by atoms with Crippen LogP contribution in [0.1, 0.15) is 58.3 Å². The van der Waals surface area contributed by atoms with Gasteiger partial charge >= 0.3 is 0 Å². The molecule has 2 N–H and O–H groups in total. The summed E-state index contributed by atoms with van der Waals surface area (Å²) in [5, 5.41) is 0. The summed E-state index contributed by atoms with van der Waals surface area (Å²) in [5.41, 5.74) is 5.80. The molecule has 0 radical (unpaired) electrons. The maximum absolute atomic E-state index is 12.6. The van der Waals surface area contributed by atoms with Crippen LogP contribution in [0.4, 0.5) is 0 Å². The van der Waals surface area contributed by atoms with Crippen LogP contribution >= 0.6 is 0 Å². The van der Waals surface area contributed by atoms with E-state index in [-0.39, 0.29) is 5.91 Å². The lowest BCUT2D eigenvalue weighted by atomic mass is 9.76. The third-order valence-corrected chi connectivity index (χ3v) is 4.81. The topological polar surface area (TPSA) is 46.3 Å². The van der Waals surface area contributed by atoms with Gasteiger partial charge in [-0.05, 0) is 37.5 Å². The molecule has 0 aromatic heterocycles. The quantitative estimate of drug-likeness (QED) is 0.839. The van der Waals surface area contributed by atoms with E-state index in [1.807, 2.05) is 11.9 Å². The summed E-state index contributed by atoms with van der Waals surface area (Å²) in [7, 11) is 1.94. The average molecular weight is 252 g/mol. The zero-order chi connectivity index (χ0) is 13.2. The number of nitrogens with two attached hydrogens (primary N) is 1. The molecule has 0 spiro atoms. The maximum atomic E-state index is 12.6. The van der Waals surface area contributed by atoms with Gasteiger partial charge in [0.1, 0.15) is 0 Å². The first-order valence-electron chi connectivity index (χ1n) is 7.56. The summed E-state index contributed by atoms with van der Waals surface area (Å²) in [4.78, 5) is 14.5. The van der Waals surface area contributed by atoms with E-state index >= 15 is 0 Å². The molecule has 18 heavy (non-hydrogen) atoms. The minimum atomic E-state index is -0.578. The van der Waals surface area contributed by atoms with Crippen LogP contribution < -0.4 is 5.73 Å². The van der Waals surface area contributed by atoms with Crippen LogP contribution in [0.5, 0.6) is 0 Å². The van der Waals surface area contributed by atoms with Crippen LogP contribution in [0.25, 0.3) is 0 Å². The van der Waals surface area contributed by atoms with Crippen molar-refractivity contribution >= 4 is 5.91 Å². The molecule has 2 aliphatic carbocycles. The van der Waals surface area contributed by atoms with Crippen LogP contribution in [0.2, 0.25) is 0 Å². The van der Waals surface area contributed by atoms with Crippen molar-refractivity contribution in [1.29, 1.82) is 0 Å². The molecule has 0 aliphatic heterocycles. The van der Waals surface area contributed by atoms with E-state index in [1.54, 1.807) is 0 Å². The molecule has 0 aromatic rings. The molecule has 2 unspecified atom stereocenters. The summed E-state index contributed by atoms with van der Waals surface area (Å²) >= 11 is 0. The van der Waals surface area contributed by atoms with Crippen molar-refractivity contribution in [3.8, 4) is 0 Å². The molecule has 2 fully saturated rings. The van der Waals surface area contributed by atoms with Crippen LogP contribution in [-0.2, 0) is 4.79 Å². The van der Waals surface area contributed by atoms with Gasteiger partial charge in [-0.3, -0.25) is 4.79 Å². The first-order chi connectivity index (χ1) is 8.51. The van der Waals surface area contributed by atoms with E-state index in [0.717, 1.165) is 25.8 Å². The third-order valence-electron chi connectivity index (χ3n) is 4.81. The lowest BCUT2D eigenvalue weighted by molar-refractivity contribution is -0.138. The second kappa shape index (κ2) is 5.60. The molecule has 2 rings (SSSR count). The Bertz CT molecular complexity index is 299. The molecule has 0 bridgehead atoms. The smallest absolute Gasteiger partial charge is 0.242 e. The third kappa shape index (κ3) is 3.05. The van der Waals surface area contributed by atoms with Gasteiger partial charge in [-0.25, -0.2) is 0 Å². The van der Waals surface area contributed by atoms with Crippen LogP contribution in [0.3, 0.4) is 0 Å². The van der Waals surface area contributed by atoms with Gasteiger partial charge in [0.2, 0.25) is 5.91 Å². The number of carbonyl (C=O) groups is 1. The molecule has 3 heteroatoms. The fourth-order valence-corrected chi connectivity index (χ4v) is 3.83. The van der Waals surface area contributed by atoms with Crippen molar-refractivity contribution in [1.82, 2.24) is 4.90 Å². The molecule has 2 aliphatic rings. The molecule has 2 saturated carbocycles. The van der Waals surface area contributed by atoms with Gasteiger partial charge in [0.25, 0.3) is 0 Å². The highest BCUT2D eigenvalue weighted by Crippen LogP contribution is 2.32. The van der Waals surface area contributed by atoms with E-state index in [0.29, 0.717) is 11.8 Å². The predicted molar refractivity (Wildman–Crippen MR) is 74.1 cm³/mol. The normalized spacial score (nSPS) is 33.6. The van der Waals surface area contributed by atoms with Crippen molar-refractivity contribution in [3.63, 3.8) is 0 Å². The number of hydrogen-bond donors (Lipinski definition) is 1. The maximum Gasteiger partial charge on any atom is 0.242 e. The van der Waals surface area contributed by atoms with Gasteiger partial charge in [-0.2, -0.15) is 0 Å². The van der Waals surface area contributed by atoms with Crippen LogP contribution in [-0.4, -0.2) is 29.9 Å². The fraction of sp³-hybridized carbons (Fsp3) is 0.933. The second-order valence-electron chi connectivity index (χ2n) is 6.69. The summed E-state index contributed by atoms with van der Waals surface area (Å²) in [6.45, 7) is 3.12. The van der Waals surface area contributed by atoms with E-state index < -0.39 is 5.54 Å². The number of carbonyl (C=O) groups excluding carboxylic acids is 1. The molecule has 2 atom stereocenters. The standard InChI is InChI=1S/C15H28N2O/c1-12-6-5-9-15(16,10-12)14(18)17(2)11-13-7-3-4-8-13/h12-13H,3-11,16H2,1-2H3. The summed E-state index contributed by atoms with van der Waals surface area (Å²) < 4.78 is 0. The van der Waals surface area contributed by atoms with Crippen molar-refractivity contribution in [2.45, 2.75) is 63.8 Å². The molecule has 0 aromatic carbocycles. The Morgan fingerprint density at radius 1 is 1.28 bits per heavy atom. The monoisotopic (exact) mass is 252 g/mol. The highest BCUT2D eigenvalue weighted by Gasteiger charge is 2.40. The number of amides is 1. The predicted octanol–water partition coefficient (Wildman–Crippen LogP) is 2.54. The molecule has 1 amide bonds. The molecular weight excluding hydrogens is 224 g/mol. The number of likely N-dealkylation sites (N-methyl/N-ethyl adjacent to an activating group) is 1. The molecule has 0 heterocycles. The van der Waals surface area contributed by atoms with E-state index in [2.05, 4.69) is 6.92 Å². The minimum absolute atomic E-state index is 0.181. The molecule has 104 valence electrons. The molecular formula is C15H28N2O. The van der Waals surface area contributed by atoms with Gasteiger partial charge < -0.3 is 10.6 Å². The van der Waals surface area contributed by atoms with Crippen molar-refractivity contribution in [2.75, 3.05) is 13.6 Å². The van der Waals surface area contributed by atoms with Gasteiger partial charge in [-0.1, -0.05) is 32.6 Å². The second-order valence-corrected chi connectivity index (χ2v) is 6.69. The minimum Gasteiger partial charge on any atom is -0.344 e. The Labute approximate surface area is 111 Å². The van der Waals surface area contributed by atoms with Crippen molar-refractivity contribution < 1.29 is 4.79 Å². The SMILES string of the molecule is CC1CCCC(N)(C(=O)N(C)CC2CCCC2)C1. The van der Waals surface area contributed by atoms with E-state index in [1.165, 1.54) is 32.1 Å². The van der Waals surface area contributed by atoms with Gasteiger partial charge in [0, 0.05) is 13.6 Å². The largest absolute Gasteiger partial charge is 0.344 e. The lowest BCUT2D eigenvalue weighted by Gasteiger charge is -2.38. The zero-order valence-electron chi connectivity index (χ0n) is 12.0. The fourth-order valence-electron chi connectivity index (χ4n) is 3.83. The number of hydrogen-bond acceptors (Lipinski definition) is 2. The molecule has 0 saturated heterocycles. The highest BCUT2D eigenvalue weighted by molar-refractivity contribution is 5.86. The van der Waals surface area contributed by atoms with E-state index in [4.69, 9.17) is 5.73 Å². The first-order valence-corrected chi connectivity index (χ1v) is 7.56. The zero-order valence-corrected chi connectivity index (χ0v) is 12.0. The van der Waals surface area contributed by atoms with Crippen LogP contribution in [0, 0.1) is 11.8 Å². The Kier molecular flexibility index (Phi) is 4.31. The average Bonchev–Trinajstić information content (AvgIpc) is 2.80. The first kappa shape index (κ1) is 13.9. The van der Waals surface area contributed by atoms with Gasteiger partial charge in [-0.15, -0.1) is 0 Å². The Hall–Kier alpha value is -0.570. The number of rotatable bonds is 3. The Balaban J connectivity index is 1.91. The van der Waals surface area contributed by atoms with E-state index in [9.17, 15) is 4.79 Å². The van der Waals surface area contributed by atoms with Gasteiger partial charge in [0.15, 0.2) is 0 Å². The highest BCUT2D eigenvalue weighted by atomic mass is 16.2. The number of nitrogens with zero attached hydrogens (tertiary/aromatic N) is 1. The van der Waals surface area contributed by atoms with Crippen molar-refractivity contribution in [3.05, 3.63) is 0 Å². The molecule has 3 nitrogen and oxygen atoms in total. The summed E-state index contributed by atoms with van der Waals surface area (Å²) in [5.74, 6) is 1.48. The lowest BCUT2D eigenvalue weighted by Crippen LogP contribution is -2.57. The summed E-state index contributed by atoms with van der Waals surface area (Å²) in [6.07, 6.45) is 9.28. The van der Waals surface area contributed by atoms with Gasteiger partial charge in [0.05, 0.1) is 5.54 Å². The summed E-state index contributed by atoms with van der Waals surface area (Å²) in [6, 6.07) is 0. The van der Waals surface area contributed by atoms with Crippen LogP contribution in [0.15, 0.2) is 0 Å². The Morgan fingerprint density at radius 2 is 1.94 bits per heavy atom. The Morgan fingerprint density at radius 3 is 2.56 bits per heavy atom.